The zero-order valence-corrected chi connectivity index (χ0v) is 18.6. The van der Waals surface area contributed by atoms with Gasteiger partial charge < -0.3 is 4.52 Å². The van der Waals surface area contributed by atoms with Crippen LogP contribution >= 0.6 is 0 Å². The summed E-state index contributed by atoms with van der Waals surface area (Å²) in [6, 6.07) is 26.8. The fourth-order valence-electron chi connectivity index (χ4n) is 4.16. The lowest BCUT2D eigenvalue weighted by Gasteiger charge is -2.05. The first kappa shape index (κ1) is 20.0. The summed E-state index contributed by atoms with van der Waals surface area (Å²) in [5.41, 5.74) is 8.55. The van der Waals surface area contributed by atoms with Crippen LogP contribution in [0.4, 0.5) is 0 Å². The third kappa shape index (κ3) is 3.62. The molecule has 3 aromatic heterocycles. The highest BCUT2D eigenvalue weighted by Gasteiger charge is 2.14. The number of aromatic nitrogens is 4. The van der Waals surface area contributed by atoms with Gasteiger partial charge in [-0.05, 0) is 53.3 Å². The van der Waals surface area contributed by atoms with Crippen molar-refractivity contribution in [3.63, 3.8) is 0 Å². The van der Waals surface area contributed by atoms with Crippen LogP contribution in [0, 0.1) is 18.8 Å². The smallest absolute Gasteiger partial charge is 0.183 e. The molecule has 0 saturated carbocycles. The highest BCUT2D eigenvalue weighted by atomic mass is 16.5. The first-order valence-electron chi connectivity index (χ1n) is 11.1. The van der Waals surface area contributed by atoms with Crippen LogP contribution in [0.15, 0.2) is 95.8 Å². The second-order valence-electron chi connectivity index (χ2n) is 8.19. The molecule has 6 rings (SSSR count). The molecule has 0 N–H and O–H groups in total. The molecule has 5 nitrogen and oxygen atoms in total. The number of hydrogen-bond donors (Lipinski definition) is 0. The van der Waals surface area contributed by atoms with E-state index in [4.69, 9.17) is 4.52 Å². The predicted molar refractivity (Wildman–Crippen MR) is 132 cm³/mol. The highest BCUT2D eigenvalue weighted by molar-refractivity contribution is 5.86. The van der Waals surface area contributed by atoms with E-state index in [9.17, 15) is 0 Å². The van der Waals surface area contributed by atoms with Gasteiger partial charge in [0.25, 0.3) is 0 Å². The van der Waals surface area contributed by atoms with Crippen LogP contribution in [-0.2, 0) is 6.42 Å². The fraction of sp³-hybridized carbons (Fsp3) is 0.0690. The minimum absolute atomic E-state index is 0.681. The SMILES string of the molecule is Cc1ccc2c(Cc3cccc(-c4ccccc4)c3)noc2c1C#Cc1cnc2cccnn12. The van der Waals surface area contributed by atoms with E-state index in [1.165, 1.54) is 16.7 Å². The molecular weight excluding hydrogens is 420 g/mol. The first-order chi connectivity index (χ1) is 16.8. The van der Waals surface area contributed by atoms with Gasteiger partial charge in [-0.3, -0.25) is 0 Å². The fourth-order valence-corrected chi connectivity index (χ4v) is 4.16. The van der Waals surface area contributed by atoms with Gasteiger partial charge in [0, 0.05) is 18.0 Å². The Balaban J connectivity index is 1.36. The van der Waals surface area contributed by atoms with Gasteiger partial charge >= 0.3 is 0 Å². The third-order valence-electron chi connectivity index (χ3n) is 5.92. The maximum Gasteiger partial charge on any atom is 0.183 e. The molecule has 0 saturated heterocycles. The van der Waals surface area contributed by atoms with E-state index >= 15 is 0 Å². The Morgan fingerprint density at radius 1 is 0.882 bits per heavy atom. The van der Waals surface area contributed by atoms with E-state index in [0.29, 0.717) is 12.0 Å². The normalized spacial score (nSPS) is 11.0. The molecule has 0 fully saturated rings. The van der Waals surface area contributed by atoms with Crippen molar-refractivity contribution in [2.24, 2.45) is 0 Å². The molecule has 0 radical (unpaired) electrons. The van der Waals surface area contributed by atoms with Crippen molar-refractivity contribution in [1.29, 1.82) is 0 Å². The van der Waals surface area contributed by atoms with E-state index in [0.717, 1.165) is 33.5 Å². The zero-order chi connectivity index (χ0) is 22.9. The molecule has 0 aliphatic heterocycles. The molecule has 5 heteroatoms. The molecule has 34 heavy (non-hydrogen) atoms. The summed E-state index contributed by atoms with van der Waals surface area (Å²) in [5.74, 6) is 6.48. The van der Waals surface area contributed by atoms with Crippen LogP contribution in [0.25, 0.3) is 27.7 Å². The average Bonchev–Trinajstić information content (AvgIpc) is 3.48. The lowest BCUT2D eigenvalue weighted by molar-refractivity contribution is 0.447. The monoisotopic (exact) mass is 440 g/mol. The van der Waals surface area contributed by atoms with Crippen LogP contribution in [0.2, 0.25) is 0 Å². The molecule has 162 valence electrons. The van der Waals surface area contributed by atoms with Crippen LogP contribution in [0.1, 0.15) is 28.1 Å². The van der Waals surface area contributed by atoms with E-state index in [-0.39, 0.29) is 0 Å². The van der Waals surface area contributed by atoms with Gasteiger partial charge in [-0.1, -0.05) is 71.7 Å². The lowest BCUT2D eigenvalue weighted by Crippen LogP contribution is -1.93. The second kappa shape index (κ2) is 8.34. The molecule has 0 unspecified atom stereocenters. The minimum Gasteiger partial charge on any atom is -0.355 e. The summed E-state index contributed by atoms with van der Waals surface area (Å²) in [6.45, 7) is 2.03. The van der Waals surface area contributed by atoms with Crippen molar-refractivity contribution in [1.82, 2.24) is 19.8 Å². The number of fused-ring (bicyclic) bond motifs is 2. The Labute approximate surface area is 196 Å². The molecule has 0 amide bonds. The number of imidazole rings is 1. The van der Waals surface area contributed by atoms with Crippen LogP contribution in [-0.4, -0.2) is 19.8 Å². The number of aryl methyl sites for hydroxylation is 1. The van der Waals surface area contributed by atoms with Crippen molar-refractivity contribution in [2.45, 2.75) is 13.3 Å². The number of nitrogens with zero attached hydrogens (tertiary/aromatic N) is 4. The standard InChI is InChI=1S/C29H20N4O/c1-20-12-14-26-27(18-21-7-5-10-23(17-21)22-8-3-2-4-9-22)32-34-29(26)25(20)15-13-24-19-30-28-11-6-16-31-33(24)28/h2-12,14,16-17,19H,18H2,1H3. The summed E-state index contributed by atoms with van der Waals surface area (Å²) >= 11 is 0. The summed E-state index contributed by atoms with van der Waals surface area (Å²) in [6.07, 6.45) is 4.14. The molecule has 0 aliphatic rings. The Morgan fingerprint density at radius 3 is 2.68 bits per heavy atom. The maximum absolute atomic E-state index is 5.81. The predicted octanol–water partition coefficient (Wildman–Crippen LogP) is 5.84. The number of rotatable bonds is 3. The molecule has 0 spiro atoms. The highest BCUT2D eigenvalue weighted by Crippen LogP contribution is 2.27. The van der Waals surface area contributed by atoms with Gasteiger partial charge in [0.05, 0.1) is 17.5 Å². The largest absolute Gasteiger partial charge is 0.355 e. The van der Waals surface area contributed by atoms with E-state index < -0.39 is 0 Å². The van der Waals surface area contributed by atoms with Crippen molar-refractivity contribution in [3.8, 4) is 23.0 Å². The molecule has 0 atom stereocenters. The Hall–Kier alpha value is -4.69. The average molecular weight is 441 g/mol. The summed E-state index contributed by atoms with van der Waals surface area (Å²) in [4.78, 5) is 4.36. The van der Waals surface area contributed by atoms with Gasteiger partial charge in [-0.2, -0.15) is 5.10 Å². The minimum atomic E-state index is 0.681. The van der Waals surface area contributed by atoms with Crippen molar-refractivity contribution < 1.29 is 4.52 Å². The molecule has 3 aromatic carbocycles. The lowest BCUT2D eigenvalue weighted by atomic mass is 9.99. The summed E-state index contributed by atoms with van der Waals surface area (Å²) in [7, 11) is 0. The van der Waals surface area contributed by atoms with Gasteiger partial charge in [-0.25, -0.2) is 9.50 Å². The van der Waals surface area contributed by atoms with Crippen LogP contribution in [0.3, 0.4) is 0 Å². The zero-order valence-electron chi connectivity index (χ0n) is 18.6. The van der Waals surface area contributed by atoms with Crippen LogP contribution < -0.4 is 0 Å². The Morgan fingerprint density at radius 2 is 1.76 bits per heavy atom. The van der Waals surface area contributed by atoms with E-state index in [1.54, 1.807) is 16.9 Å². The van der Waals surface area contributed by atoms with Crippen molar-refractivity contribution >= 4 is 16.6 Å². The van der Waals surface area contributed by atoms with Gasteiger partial charge in [0.2, 0.25) is 0 Å². The quantitative estimate of drug-likeness (QED) is 0.325. The number of hydrogen-bond acceptors (Lipinski definition) is 4. The molecule has 6 aromatic rings. The van der Waals surface area contributed by atoms with Gasteiger partial charge in [-0.15, -0.1) is 0 Å². The first-order valence-corrected chi connectivity index (χ1v) is 11.1. The number of benzene rings is 3. The van der Waals surface area contributed by atoms with E-state index in [2.05, 4.69) is 87.7 Å². The molecular formula is C29H20N4O. The molecule has 0 aliphatic carbocycles. The Bertz CT molecular complexity index is 1700. The molecule has 3 heterocycles. The van der Waals surface area contributed by atoms with Crippen molar-refractivity contribution in [2.75, 3.05) is 0 Å². The summed E-state index contributed by atoms with van der Waals surface area (Å²) in [5, 5.41) is 9.73. The third-order valence-corrected chi connectivity index (χ3v) is 5.92. The van der Waals surface area contributed by atoms with Crippen LogP contribution in [0.5, 0.6) is 0 Å². The van der Waals surface area contributed by atoms with E-state index in [1.807, 2.05) is 25.1 Å². The second-order valence-corrected chi connectivity index (χ2v) is 8.19. The van der Waals surface area contributed by atoms with Gasteiger partial charge in [0.1, 0.15) is 5.69 Å². The maximum atomic E-state index is 5.81. The topological polar surface area (TPSA) is 56.2 Å². The van der Waals surface area contributed by atoms with Gasteiger partial charge in [0.15, 0.2) is 11.2 Å². The summed E-state index contributed by atoms with van der Waals surface area (Å²) < 4.78 is 7.55. The molecule has 0 bridgehead atoms. The van der Waals surface area contributed by atoms with Crippen molar-refractivity contribution in [3.05, 3.63) is 119 Å². The Kier molecular flexibility index (Phi) is 4.90.